The van der Waals surface area contributed by atoms with Gasteiger partial charge in [0.25, 0.3) is 10.1 Å². The molecule has 0 fully saturated rings. The van der Waals surface area contributed by atoms with Crippen molar-refractivity contribution >= 4 is 10.1 Å². The minimum atomic E-state index is -3.39. The van der Waals surface area contributed by atoms with E-state index in [2.05, 4.69) is 97.9 Å². The molecule has 0 aliphatic carbocycles. The molecule has 0 spiro atoms. The maximum Gasteiger partial charge on any atom is 0.267 e. The minimum Gasteiger partial charge on any atom is -0.266 e. The van der Waals surface area contributed by atoms with Gasteiger partial charge in [0.15, 0.2) is 0 Å². The van der Waals surface area contributed by atoms with Crippen LogP contribution in [-0.4, -0.2) is 20.8 Å². The van der Waals surface area contributed by atoms with Crippen molar-refractivity contribution in [2.24, 2.45) is 0 Å². The van der Waals surface area contributed by atoms with Gasteiger partial charge in [0.1, 0.15) is 0 Å². The Morgan fingerprint density at radius 2 is 0.708 bits per heavy atom. The second kappa shape index (κ2) is 28.6. The maximum atomic E-state index is 11.8. The average molecular weight is 683 g/mol. The molecule has 0 saturated heterocycles. The lowest BCUT2D eigenvalue weighted by Gasteiger charge is -2.04. The molecule has 0 N–H and O–H groups in total. The van der Waals surface area contributed by atoms with Crippen molar-refractivity contribution in [1.29, 1.82) is 0 Å². The van der Waals surface area contributed by atoms with Crippen LogP contribution in [0.5, 0.6) is 0 Å². The fourth-order valence-corrected chi connectivity index (χ4v) is 6.28. The van der Waals surface area contributed by atoms with Gasteiger partial charge < -0.3 is 0 Å². The van der Waals surface area contributed by atoms with Gasteiger partial charge >= 0.3 is 0 Å². The molecule has 0 unspecified atom stereocenters. The number of hydrogen-bond acceptors (Lipinski definition) is 3. The van der Waals surface area contributed by atoms with Crippen molar-refractivity contribution in [3.63, 3.8) is 0 Å². The summed E-state index contributed by atoms with van der Waals surface area (Å²) in [5, 5.41) is 0. The van der Waals surface area contributed by atoms with Gasteiger partial charge in [-0.15, -0.1) is 0 Å². The average Bonchev–Trinajstić information content (AvgIpc) is 2.99. The summed E-state index contributed by atoms with van der Waals surface area (Å²) >= 11 is 0. The first kappa shape index (κ1) is 45.8. The predicted octanol–water partition coefficient (Wildman–Crippen LogP) is 14.2. The first-order valence-electron chi connectivity index (χ1n) is 18.8. The summed E-state index contributed by atoms with van der Waals surface area (Å²) in [6.45, 7) is 22.1. The van der Waals surface area contributed by atoms with Gasteiger partial charge in [-0.3, -0.25) is 4.18 Å². The van der Waals surface area contributed by atoms with Crippen LogP contribution in [0.3, 0.4) is 0 Å². The molecule has 0 aromatic rings. The molecule has 0 heterocycles. The van der Waals surface area contributed by atoms with E-state index in [9.17, 15) is 8.42 Å². The lowest BCUT2D eigenvalue weighted by Crippen LogP contribution is -2.10. The Labute approximate surface area is 299 Å². The molecule has 0 saturated carbocycles. The second-order valence-corrected chi connectivity index (χ2v) is 16.1. The first-order chi connectivity index (χ1) is 22.7. The summed E-state index contributed by atoms with van der Waals surface area (Å²) in [5.74, 6) is 0.107. The van der Waals surface area contributed by atoms with E-state index in [1.807, 2.05) is 19.9 Å². The third-order valence-electron chi connectivity index (χ3n) is 8.71. The third kappa shape index (κ3) is 29.9. The molecule has 0 radical (unpaired) electrons. The maximum absolute atomic E-state index is 11.8. The lowest BCUT2D eigenvalue weighted by molar-refractivity contribution is 0.355. The van der Waals surface area contributed by atoms with E-state index < -0.39 is 10.1 Å². The molecule has 3 nitrogen and oxygen atoms in total. The molecule has 0 bridgehead atoms. The molecule has 48 heavy (non-hydrogen) atoms. The van der Waals surface area contributed by atoms with E-state index in [0.717, 1.165) is 83.5 Å². The van der Waals surface area contributed by atoms with Crippen LogP contribution in [-0.2, 0) is 14.3 Å². The van der Waals surface area contributed by atoms with Gasteiger partial charge in [-0.05, 0) is 159 Å². The molecule has 0 aromatic heterocycles. The summed E-state index contributed by atoms with van der Waals surface area (Å²) in [4.78, 5) is 0. The Morgan fingerprint density at radius 1 is 0.438 bits per heavy atom. The predicted molar refractivity (Wildman–Crippen MR) is 215 cm³/mol. The normalized spacial score (nSPS) is 14.6. The summed E-state index contributed by atoms with van der Waals surface area (Å²) in [6, 6.07) is 0. The van der Waals surface area contributed by atoms with Gasteiger partial charge in [0.2, 0.25) is 0 Å². The Morgan fingerprint density at radius 3 is 0.979 bits per heavy atom. The highest BCUT2D eigenvalue weighted by atomic mass is 32.2. The van der Waals surface area contributed by atoms with Crippen molar-refractivity contribution in [3.05, 3.63) is 93.2 Å². The number of hydrogen-bond donors (Lipinski definition) is 0. The Bertz CT molecular complexity index is 1240. The monoisotopic (exact) mass is 683 g/mol. The SMILES string of the molecule is CCCCS(=O)(=O)OC/C=C(\C)CC/C=C(\C)CCC=C(C)CCC=C(C)CCC=C(C)CCC=C(C)CCC=C(C)CCC=C(C)C. The third-order valence-corrected chi connectivity index (χ3v) is 9.99. The topological polar surface area (TPSA) is 43.4 Å². The van der Waals surface area contributed by atoms with Crippen LogP contribution in [0.4, 0.5) is 0 Å². The van der Waals surface area contributed by atoms with Crippen LogP contribution in [0.1, 0.15) is 172 Å². The summed E-state index contributed by atoms with van der Waals surface area (Å²) < 4.78 is 28.7. The zero-order valence-electron chi connectivity index (χ0n) is 33.0. The van der Waals surface area contributed by atoms with Crippen molar-refractivity contribution in [3.8, 4) is 0 Å². The van der Waals surface area contributed by atoms with Gasteiger partial charge in [-0.1, -0.05) is 107 Å². The molecule has 0 aromatic carbocycles. The van der Waals surface area contributed by atoms with Crippen LogP contribution < -0.4 is 0 Å². The standard InChI is InChI=1S/C44H74O3S/c1-11-12-36-48(45,46)47-35-34-44(10)33-19-32-43(9)31-18-30-42(8)29-17-28-41(7)27-16-26-40(6)25-15-24-39(5)23-14-22-38(4)21-13-20-37(2)3/h20,22,24,26,28,30,32,34H,11-19,21,23,25,27,29,31,33,35-36H2,1-10H3/b38-22?,39-24?,40-26?,41-28?,42-30?,43-32+,44-34+. The van der Waals surface area contributed by atoms with Gasteiger partial charge in [-0.2, -0.15) is 8.42 Å². The Kier molecular flexibility index (Phi) is 27.4. The van der Waals surface area contributed by atoms with Crippen molar-refractivity contribution in [1.82, 2.24) is 0 Å². The van der Waals surface area contributed by atoms with E-state index in [1.165, 1.54) is 57.4 Å². The fourth-order valence-electron chi connectivity index (χ4n) is 5.24. The molecule has 274 valence electrons. The smallest absolute Gasteiger partial charge is 0.266 e. The van der Waals surface area contributed by atoms with E-state index >= 15 is 0 Å². The molecular weight excluding hydrogens is 609 g/mol. The van der Waals surface area contributed by atoms with E-state index in [4.69, 9.17) is 4.18 Å². The molecule has 0 amide bonds. The molecule has 4 heteroatoms. The van der Waals surface area contributed by atoms with Crippen LogP contribution in [0.15, 0.2) is 93.2 Å². The molecular formula is C44H74O3S. The van der Waals surface area contributed by atoms with Crippen molar-refractivity contribution in [2.45, 2.75) is 172 Å². The quantitative estimate of drug-likeness (QED) is 0.0640. The molecule has 0 rings (SSSR count). The number of rotatable bonds is 27. The van der Waals surface area contributed by atoms with Crippen molar-refractivity contribution in [2.75, 3.05) is 12.4 Å². The Balaban J connectivity index is 4.24. The van der Waals surface area contributed by atoms with Gasteiger partial charge in [-0.25, -0.2) is 0 Å². The Hall–Kier alpha value is -2.17. The van der Waals surface area contributed by atoms with Crippen LogP contribution >= 0.6 is 0 Å². The number of unbranched alkanes of at least 4 members (excludes halogenated alkanes) is 1. The molecule has 0 aliphatic rings. The summed E-state index contributed by atoms with van der Waals surface area (Å²) in [5.41, 5.74) is 11.5. The van der Waals surface area contributed by atoms with E-state index in [0.29, 0.717) is 6.42 Å². The van der Waals surface area contributed by atoms with E-state index in [1.54, 1.807) is 0 Å². The summed E-state index contributed by atoms with van der Waals surface area (Å²) in [6.07, 6.45) is 35.8. The number of allylic oxidation sites excluding steroid dienone is 15. The van der Waals surface area contributed by atoms with Crippen LogP contribution in [0.25, 0.3) is 0 Å². The second-order valence-electron chi connectivity index (χ2n) is 14.3. The molecule has 0 atom stereocenters. The summed E-state index contributed by atoms with van der Waals surface area (Å²) in [7, 11) is -3.39. The van der Waals surface area contributed by atoms with Crippen LogP contribution in [0.2, 0.25) is 0 Å². The minimum absolute atomic E-state index is 0.107. The van der Waals surface area contributed by atoms with Gasteiger partial charge in [0.05, 0.1) is 12.4 Å². The highest BCUT2D eigenvalue weighted by Crippen LogP contribution is 2.17. The van der Waals surface area contributed by atoms with Gasteiger partial charge in [0, 0.05) is 0 Å². The highest BCUT2D eigenvalue weighted by Gasteiger charge is 2.08. The first-order valence-corrected chi connectivity index (χ1v) is 20.4. The lowest BCUT2D eigenvalue weighted by atomic mass is 10.0. The highest BCUT2D eigenvalue weighted by molar-refractivity contribution is 7.86. The van der Waals surface area contributed by atoms with Crippen molar-refractivity contribution < 1.29 is 12.6 Å². The molecule has 0 aliphatic heterocycles. The fraction of sp³-hybridized carbons (Fsp3) is 0.636. The zero-order valence-corrected chi connectivity index (χ0v) is 33.8. The largest absolute Gasteiger partial charge is 0.267 e. The van der Waals surface area contributed by atoms with E-state index in [-0.39, 0.29) is 12.4 Å². The van der Waals surface area contributed by atoms with Crippen LogP contribution in [0, 0.1) is 0 Å². The zero-order chi connectivity index (χ0) is 36.2.